The molecule has 0 amide bonds. The normalized spacial score (nSPS) is 20.6. The highest BCUT2D eigenvalue weighted by molar-refractivity contribution is 5.19. The molecule has 0 bridgehead atoms. The Bertz CT molecular complexity index is 371. The quantitative estimate of drug-likeness (QED) is 0.886. The smallest absolute Gasteiger partial charge is 0.123 e. The molecule has 2 rings (SSSR count). The van der Waals surface area contributed by atoms with Gasteiger partial charge in [-0.25, -0.2) is 4.39 Å². The van der Waals surface area contributed by atoms with Crippen LogP contribution in [0.15, 0.2) is 24.3 Å². The van der Waals surface area contributed by atoms with Crippen LogP contribution in [0, 0.1) is 11.2 Å². The summed E-state index contributed by atoms with van der Waals surface area (Å²) >= 11 is 0. The van der Waals surface area contributed by atoms with Crippen molar-refractivity contribution in [2.45, 2.75) is 32.7 Å². The molecule has 0 aliphatic carbocycles. The molecule has 1 aromatic carbocycles. The van der Waals surface area contributed by atoms with Crippen LogP contribution >= 0.6 is 0 Å². The molecule has 1 aliphatic heterocycles. The molecule has 0 radical (unpaired) electrons. The standard InChI is InChI=1S/C15H22FNO/c1-12(13-3-5-14(16)6-4-13)17-11-15(2)7-9-18-10-8-15/h3-6,12,17H,7-11H2,1-2H3. The van der Waals surface area contributed by atoms with Crippen molar-refractivity contribution in [3.05, 3.63) is 35.6 Å². The van der Waals surface area contributed by atoms with Crippen LogP contribution < -0.4 is 5.32 Å². The van der Waals surface area contributed by atoms with Gasteiger partial charge >= 0.3 is 0 Å². The summed E-state index contributed by atoms with van der Waals surface area (Å²) in [5.74, 6) is -0.178. The van der Waals surface area contributed by atoms with Gasteiger partial charge in [0.25, 0.3) is 0 Å². The van der Waals surface area contributed by atoms with E-state index in [0.29, 0.717) is 5.41 Å². The molecule has 2 nitrogen and oxygen atoms in total. The summed E-state index contributed by atoms with van der Waals surface area (Å²) in [5.41, 5.74) is 1.46. The van der Waals surface area contributed by atoms with E-state index in [1.807, 2.05) is 12.1 Å². The van der Waals surface area contributed by atoms with Crippen molar-refractivity contribution in [3.8, 4) is 0 Å². The van der Waals surface area contributed by atoms with Gasteiger partial charge in [0, 0.05) is 25.8 Å². The van der Waals surface area contributed by atoms with E-state index < -0.39 is 0 Å². The average Bonchev–Trinajstić information content (AvgIpc) is 2.38. The second kappa shape index (κ2) is 5.81. The largest absolute Gasteiger partial charge is 0.381 e. The van der Waals surface area contributed by atoms with Crippen molar-refractivity contribution in [1.82, 2.24) is 5.32 Å². The van der Waals surface area contributed by atoms with Crippen molar-refractivity contribution >= 4 is 0 Å². The number of rotatable bonds is 4. The van der Waals surface area contributed by atoms with Crippen LogP contribution in [-0.4, -0.2) is 19.8 Å². The topological polar surface area (TPSA) is 21.3 Å². The molecule has 3 heteroatoms. The zero-order chi connectivity index (χ0) is 13.0. The predicted molar refractivity (Wildman–Crippen MR) is 71.0 cm³/mol. The van der Waals surface area contributed by atoms with Gasteiger partial charge in [-0.15, -0.1) is 0 Å². The lowest BCUT2D eigenvalue weighted by Gasteiger charge is -2.34. The second-order valence-electron chi connectivity index (χ2n) is 5.58. The van der Waals surface area contributed by atoms with Crippen LogP contribution in [0.2, 0.25) is 0 Å². The van der Waals surface area contributed by atoms with Gasteiger partial charge in [0.05, 0.1) is 0 Å². The van der Waals surface area contributed by atoms with E-state index in [1.165, 1.54) is 12.1 Å². The van der Waals surface area contributed by atoms with Gasteiger partial charge in [-0.3, -0.25) is 0 Å². The Kier molecular flexibility index (Phi) is 4.36. The van der Waals surface area contributed by atoms with Crippen molar-refractivity contribution < 1.29 is 9.13 Å². The number of benzene rings is 1. The lowest BCUT2D eigenvalue weighted by Crippen LogP contribution is -2.37. The molecule has 1 atom stereocenters. The third-order valence-electron chi connectivity index (χ3n) is 3.90. The molecule has 0 aromatic heterocycles. The van der Waals surface area contributed by atoms with Gasteiger partial charge < -0.3 is 10.1 Å². The van der Waals surface area contributed by atoms with Crippen LogP contribution in [-0.2, 0) is 4.74 Å². The van der Waals surface area contributed by atoms with Gasteiger partial charge in [0.2, 0.25) is 0 Å². The maximum atomic E-state index is 12.9. The maximum Gasteiger partial charge on any atom is 0.123 e. The van der Waals surface area contributed by atoms with Gasteiger partial charge in [-0.2, -0.15) is 0 Å². The Balaban J connectivity index is 1.87. The summed E-state index contributed by atoms with van der Waals surface area (Å²) in [6.07, 6.45) is 2.21. The Labute approximate surface area is 109 Å². The fourth-order valence-electron chi connectivity index (χ4n) is 2.31. The van der Waals surface area contributed by atoms with Crippen LogP contribution in [0.5, 0.6) is 0 Å². The van der Waals surface area contributed by atoms with E-state index in [1.54, 1.807) is 0 Å². The summed E-state index contributed by atoms with van der Waals surface area (Å²) in [6.45, 7) is 7.14. The summed E-state index contributed by atoms with van der Waals surface area (Å²) in [7, 11) is 0. The fourth-order valence-corrected chi connectivity index (χ4v) is 2.31. The van der Waals surface area contributed by atoms with E-state index in [2.05, 4.69) is 19.2 Å². The highest BCUT2D eigenvalue weighted by Crippen LogP contribution is 2.29. The minimum atomic E-state index is -0.178. The molecular formula is C15H22FNO. The number of ether oxygens (including phenoxy) is 1. The van der Waals surface area contributed by atoms with E-state index in [9.17, 15) is 4.39 Å². The van der Waals surface area contributed by atoms with E-state index in [-0.39, 0.29) is 11.9 Å². The number of halogens is 1. The summed E-state index contributed by atoms with van der Waals surface area (Å²) in [5, 5.41) is 3.55. The van der Waals surface area contributed by atoms with Crippen molar-refractivity contribution in [3.63, 3.8) is 0 Å². The first kappa shape index (κ1) is 13.5. The first-order valence-electron chi connectivity index (χ1n) is 6.66. The Morgan fingerprint density at radius 3 is 2.50 bits per heavy atom. The van der Waals surface area contributed by atoms with E-state index in [4.69, 9.17) is 4.74 Å². The highest BCUT2D eigenvalue weighted by atomic mass is 19.1. The summed E-state index contributed by atoms with van der Waals surface area (Å²) < 4.78 is 18.3. The van der Waals surface area contributed by atoms with Gasteiger partial charge in [-0.1, -0.05) is 19.1 Å². The SMILES string of the molecule is CC(NCC1(C)CCOCC1)c1ccc(F)cc1. The molecule has 1 saturated heterocycles. The summed E-state index contributed by atoms with van der Waals surface area (Å²) in [4.78, 5) is 0. The van der Waals surface area contributed by atoms with Gasteiger partial charge in [-0.05, 0) is 42.9 Å². The zero-order valence-corrected chi connectivity index (χ0v) is 11.2. The molecule has 1 N–H and O–H groups in total. The van der Waals surface area contributed by atoms with Gasteiger partial charge in [0.1, 0.15) is 5.82 Å². The minimum Gasteiger partial charge on any atom is -0.381 e. The van der Waals surface area contributed by atoms with Crippen LogP contribution in [0.1, 0.15) is 38.3 Å². The van der Waals surface area contributed by atoms with E-state index in [0.717, 1.165) is 38.2 Å². The minimum absolute atomic E-state index is 0.178. The Morgan fingerprint density at radius 1 is 1.28 bits per heavy atom. The monoisotopic (exact) mass is 251 g/mol. The molecule has 18 heavy (non-hydrogen) atoms. The van der Waals surface area contributed by atoms with Crippen LogP contribution in [0.3, 0.4) is 0 Å². The van der Waals surface area contributed by atoms with Crippen LogP contribution in [0.25, 0.3) is 0 Å². The Hall–Kier alpha value is -0.930. The third kappa shape index (κ3) is 3.53. The van der Waals surface area contributed by atoms with Gasteiger partial charge in [0.15, 0.2) is 0 Å². The number of hydrogen-bond donors (Lipinski definition) is 1. The highest BCUT2D eigenvalue weighted by Gasteiger charge is 2.27. The first-order chi connectivity index (χ1) is 8.59. The average molecular weight is 251 g/mol. The number of hydrogen-bond acceptors (Lipinski definition) is 2. The third-order valence-corrected chi connectivity index (χ3v) is 3.90. The molecule has 1 fully saturated rings. The number of nitrogens with one attached hydrogen (secondary N) is 1. The molecule has 1 aromatic rings. The Morgan fingerprint density at radius 2 is 1.89 bits per heavy atom. The van der Waals surface area contributed by atoms with Crippen molar-refractivity contribution in [2.75, 3.05) is 19.8 Å². The predicted octanol–water partition coefficient (Wildman–Crippen LogP) is 3.29. The molecule has 100 valence electrons. The first-order valence-corrected chi connectivity index (χ1v) is 6.66. The maximum absolute atomic E-state index is 12.9. The van der Waals surface area contributed by atoms with Crippen molar-refractivity contribution in [1.29, 1.82) is 0 Å². The molecule has 0 saturated carbocycles. The molecule has 1 heterocycles. The molecule has 1 unspecified atom stereocenters. The molecular weight excluding hydrogens is 229 g/mol. The van der Waals surface area contributed by atoms with Crippen molar-refractivity contribution in [2.24, 2.45) is 5.41 Å². The fraction of sp³-hybridized carbons (Fsp3) is 0.600. The molecule has 0 spiro atoms. The second-order valence-corrected chi connectivity index (χ2v) is 5.58. The van der Waals surface area contributed by atoms with E-state index >= 15 is 0 Å². The lowest BCUT2D eigenvalue weighted by molar-refractivity contribution is 0.0231. The van der Waals surface area contributed by atoms with Crippen LogP contribution in [0.4, 0.5) is 4.39 Å². The zero-order valence-electron chi connectivity index (χ0n) is 11.2. The lowest BCUT2D eigenvalue weighted by atomic mass is 9.82. The molecule has 1 aliphatic rings. The summed E-state index contributed by atoms with van der Waals surface area (Å²) in [6, 6.07) is 6.98.